The summed E-state index contributed by atoms with van der Waals surface area (Å²) < 4.78 is 0. The number of allylic oxidation sites excluding steroid dienone is 5. The smallest absolute Gasteiger partial charge is 0.237 e. The van der Waals surface area contributed by atoms with Crippen LogP contribution in [0.5, 0.6) is 0 Å². The Morgan fingerprint density at radius 2 is 1.94 bits per heavy atom. The number of nitrogens with one attached hydrogen (secondary N) is 1. The number of carbonyl (C=O) groups is 1. The standard InChI is InChI=1S/C29H42N2O/c1-5-7-9-16-24(4)29(18-12-8-13-19-29)22-31-28(32)27(30)21-25(14-6-2)20-26-17-11-10-15-23(26)3/h5,7,9-11,14-17,27H,1,6,8,12-13,18-22,30H2,2-4H3,(H,31,32)/b9-7-,24-16+,25-14+. The summed E-state index contributed by atoms with van der Waals surface area (Å²) in [5.41, 5.74) is 11.6. The molecule has 1 amide bonds. The molecule has 3 nitrogen and oxygen atoms in total. The van der Waals surface area contributed by atoms with Gasteiger partial charge in [-0.2, -0.15) is 0 Å². The summed E-state index contributed by atoms with van der Waals surface area (Å²) in [6.45, 7) is 10.9. The molecule has 1 aromatic rings. The van der Waals surface area contributed by atoms with E-state index in [4.69, 9.17) is 5.73 Å². The molecule has 3 N–H and O–H groups in total. The fourth-order valence-corrected chi connectivity index (χ4v) is 4.73. The monoisotopic (exact) mass is 434 g/mol. The van der Waals surface area contributed by atoms with Gasteiger partial charge in [0, 0.05) is 12.0 Å². The van der Waals surface area contributed by atoms with E-state index in [1.165, 1.54) is 41.5 Å². The zero-order valence-electron chi connectivity index (χ0n) is 20.3. The molecular formula is C29H42N2O. The zero-order chi connectivity index (χ0) is 23.4. The molecule has 1 aliphatic carbocycles. The fourth-order valence-electron chi connectivity index (χ4n) is 4.73. The van der Waals surface area contributed by atoms with Crippen LogP contribution in [0.3, 0.4) is 0 Å². The van der Waals surface area contributed by atoms with Crippen molar-refractivity contribution in [3.05, 3.63) is 83.5 Å². The van der Waals surface area contributed by atoms with Crippen molar-refractivity contribution in [2.75, 3.05) is 6.54 Å². The third-order valence-corrected chi connectivity index (χ3v) is 6.83. The Morgan fingerprint density at radius 1 is 1.22 bits per heavy atom. The van der Waals surface area contributed by atoms with Crippen molar-refractivity contribution in [2.45, 2.75) is 78.2 Å². The van der Waals surface area contributed by atoms with Crippen LogP contribution in [0.4, 0.5) is 0 Å². The van der Waals surface area contributed by atoms with Crippen molar-refractivity contribution in [3.8, 4) is 0 Å². The number of rotatable bonds is 11. The van der Waals surface area contributed by atoms with E-state index in [0.717, 1.165) is 25.7 Å². The molecule has 2 rings (SSSR count). The number of nitrogens with two attached hydrogens (primary N) is 1. The van der Waals surface area contributed by atoms with Crippen molar-refractivity contribution >= 4 is 5.91 Å². The molecule has 0 spiro atoms. The Morgan fingerprint density at radius 3 is 2.59 bits per heavy atom. The van der Waals surface area contributed by atoms with Crippen LogP contribution in [0.1, 0.15) is 69.9 Å². The van der Waals surface area contributed by atoms with Crippen molar-refractivity contribution < 1.29 is 4.79 Å². The quantitative estimate of drug-likeness (QED) is 0.315. The van der Waals surface area contributed by atoms with E-state index < -0.39 is 6.04 Å². The highest BCUT2D eigenvalue weighted by Crippen LogP contribution is 2.42. The van der Waals surface area contributed by atoms with Crippen LogP contribution in [-0.2, 0) is 11.2 Å². The fraction of sp³-hybridized carbons (Fsp3) is 0.483. The van der Waals surface area contributed by atoms with E-state index in [0.29, 0.717) is 13.0 Å². The molecule has 1 saturated carbocycles. The Bertz CT molecular complexity index is 840. The first kappa shape index (κ1) is 25.9. The van der Waals surface area contributed by atoms with Gasteiger partial charge in [-0.25, -0.2) is 0 Å². The lowest BCUT2D eigenvalue weighted by Gasteiger charge is -2.39. The summed E-state index contributed by atoms with van der Waals surface area (Å²) in [7, 11) is 0. The van der Waals surface area contributed by atoms with E-state index >= 15 is 0 Å². The lowest BCUT2D eigenvalue weighted by atomic mass is 9.69. The Kier molecular flexibility index (Phi) is 10.7. The summed E-state index contributed by atoms with van der Waals surface area (Å²) >= 11 is 0. The van der Waals surface area contributed by atoms with Gasteiger partial charge in [-0.1, -0.05) is 98.6 Å². The van der Waals surface area contributed by atoms with Gasteiger partial charge >= 0.3 is 0 Å². The molecule has 1 atom stereocenters. The highest BCUT2D eigenvalue weighted by atomic mass is 16.2. The summed E-state index contributed by atoms with van der Waals surface area (Å²) in [5.74, 6) is -0.0452. The van der Waals surface area contributed by atoms with Crippen LogP contribution in [0.15, 0.2) is 72.4 Å². The van der Waals surface area contributed by atoms with Crippen LogP contribution >= 0.6 is 0 Å². The Balaban J connectivity index is 2.03. The predicted molar refractivity (Wildman–Crippen MR) is 137 cm³/mol. The topological polar surface area (TPSA) is 55.1 Å². The van der Waals surface area contributed by atoms with Gasteiger partial charge in [0.1, 0.15) is 0 Å². The van der Waals surface area contributed by atoms with E-state index in [-0.39, 0.29) is 11.3 Å². The van der Waals surface area contributed by atoms with Crippen molar-refractivity contribution in [3.63, 3.8) is 0 Å². The van der Waals surface area contributed by atoms with Crippen molar-refractivity contribution in [1.82, 2.24) is 5.32 Å². The number of hydrogen-bond acceptors (Lipinski definition) is 2. The molecule has 3 heteroatoms. The largest absolute Gasteiger partial charge is 0.354 e. The average molecular weight is 435 g/mol. The summed E-state index contributed by atoms with van der Waals surface area (Å²) in [6.07, 6.45) is 18.5. The van der Waals surface area contributed by atoms with Gasteiger partial charge < -0.3 is 11.1 Å². The maximum atomic E-state index is 13.0. The lowest BCUT2D eigenvalue weighted by Crippen LogP contribution is -2.46. The molecule has 0 aliphatic heterocycles. The normalized spacial score (nSPS) is 17.9. The molecule has 0 saturated heterocycles. The van der Waals surface area contributed by atoms with E-state index in [1.54, 1.807) is 6.08 Å². The molecule has 32 heavy (non-hydrogen) atoms. The first-order chi connectivity index (χ1) is 15.4. The van der Waals surface area contributed by atoms with Gasteiger partial charge in [0.15, 0.2) is 0 Å². The zero-order valence-corrected chi connectivity index (χ0v) is 20.3. The third kappa shape index (κ3) is 7.63. The summed E-state index contributed by atoms with van der Waals surface area (Å²) in [6, 6.07) is 7.90. The second kappa shape index (κ2) is 13.2. The predicted octanol–water partition coefficient (Wildman–Crippen LogP) is 6.35. The molecule has 174 valence electrons. The molecular weight excluding hydrogens is 392 g/mol. The van der Waals surface area contributed by atoms with Crippen LogP contribution in [-0.4, -0.2) is 18.5 Å². The van der Waals surface area contributed by atoms with Gasteiger partial charge in [0.05, 0.1) is 6.04 Å². The van der Waals surface area contributed by atoms with Crippen LogP contribution in [0.2, 0.25) is 0 Å². The second-order valence-electron chi connectivity index (χ2n) is 9.21. The SMILES string of the molecule is C=C/C=C\C=C(/C)C1(CNC(=O)C(N)C/C(=C/CC)Cc2ccccc2C)CCCCC1. The lowest BCUT2D eigenvalue weighted by molar-refractivity contribution is -0.122. The average Bonchev–Trinajstić information content (AvgIpc) is 2.79. The second-order valence-corrected chi connectivity index (χ2v) is 9.21. The van der Waals surface area contributed by atoms with E-state index in [2.05, 4.69) is 69.1 Å². The Hall–Kier alpha value is -2.39. The maximum Gasteiger partial charge on any atom is 0.237 e. The van der Waals surface area contributed by atoms with Crippen LogP contribution in [0, 0.1) is 12.3 Å². The molecule has 1 aromatic carbocycles. The highest BCUT2D eigenvalue weighted by molar-refractivity contribution is 5.81. The molecule has 0 heterocycles. The molecule has 1 aliphatic rings. The van der Waals surface area contributed by atoms with Gasteiger partial charge in [-0.05, 0) is 57.1 Å². The Labute approximate surface area is 195 Å². The molecule has 0 radical (unpaired) electrons. The molecule has 1 fully saturated rings. The summed E-state index contributed by atoms with van der Waals surface area (Å²) in [4.78, 5) is 13.0. The minimum Gasteiger partial charge on any atom is -0.354 e. The van der Waals surface area contributed by atoms with Crippen LogP contribution in [0.25, 0.3) is 0 Å². The third-order valence-electron chi connectivity index (χ3n) is 6.83. The van der Waals surface area contributed by atoms with Gasteiger partial charge in [-0.15, -0.1) is 0 Å². The van der Waals surface area contributed by atoms with Gasteiger partial charge in [0.25, 0.3) is 0 Å². The molecule has 1 unspecified atom stereocenters. The first-order valence-electron chi connectivity index (χ1n) is 12.1. The molecule has 0 aromatic heterocycles. The highest BCUT2D eigenvalue weighted by Gasteiger charge is 2.34. The summed E-state index contributed by atoms with van der Waals surface area (Å²) in [5, 5.41) is 3.21. The van der Waals surface area contributed by atoms with Crippen LogP contribution < -0.4 is 11.1 Å². The van der Waals surface area contributed by atoms with E-state index in [1.807, 2.05) is 12.2 Å². The van der Waals surface area contributed by atoms with E-state index in [9.17, 15) is 4.79 Å². The first-order valence-corrected chi connectivity index (χ1v) is 12.1. The molecule has 0 bridgehead atoms. The van der Waals surface area contributed by atoms with Crippen molar-refractivity contribution in [2.24, 2.45) is 11.1 Å². The van der Waals surface area contributed by atoms with Gasteiger partial charge in [0.2, 0.25) is 5.91 Å². The number of amides is 1. The number of hydrogen-bond donors (Lipinski definition) is 2. The maximum absolute atomic E-state index is 13.0. The number of carbonyl (C=O) groups excluding carboxylic acids is 1. The number of benzene rings is 1. The minimum absolute atomic E-state index is 0.0301. The van der Waals surface area contributed by atoms with Gasteiger partial charge in [-0.3, -0.25) is 4.79 Å². The van der Waals surface area contributed by atoms with Crippen molar-refractivity contribution in [1.29, 1.82) is 0 Å². The number of aryl methyl sites for hydroxylation is 1. The minimum atomic E-state index is -0.526.